The van der Waals surface area contributed by atoms with Crippen LogP contribution >= 0.6 is 0 Å². The number of hydrogen-bond donors (Lipinski definition) is 3. The number of carbonyl (C=O) groups is 2. The molecule has 3 N–H and O–H groups in total. The fraction of sp³-hybridized carbons (Fsp3) is 0.280. The summed E-state index contributed by atoms with van der Waals surface area (Å²) in [5.74, 6) is 9.48. The van der Waals surface area contributed by atoms with Crippen LogP contribution in [0.4, 0.5) is 0 Å². The van der Waals surface area contributed by atoms with E-state index >= 15 is 0 Å². The molecule has 0 radical (unpaired) electrons. The second-order valence-corrected chi connectivity index (χ2v) is 7.39. The van der Waals surface area contributed by atoms with E-state index in [9.17, 15) is 14.7 Å². The Morgan fingerprint density at radius 1 is 0.900 bits per heavy atom. The third kappa shape index (κ3) is 6.69. The summed E-state index contributed by atoms with van der Waals surface area (Å²) < 4.78 is 0. The molecule has 0 saturated carbocycles. The minimum atomic E-state index is -1.40. The normalized spacial score (nSPS) is 11.5. The molecule has 2 rings (SSSR count). The SMILES string of the molecule is CC(C)(O)[C@H](CC(=O)c1ccc(C#CC#Cc2ccc(CO)cc2)cc1)C(=O)CO. The maximum Gasteiger partial charge on any atom is 0.164 e. The molecular formula is C25H24O5. The molecule has 0 aromatic heterocycles. The number of aliphatic hydroxyl groups excluding tert-OH is 2. The summed E-state index contributed by atoms with van der Waals surface area (Å²) in [6, 6.07) is 13.8. The van der Waals surface area contributed by atoms with Crippen LogP contribution in [-0.4, -0.2) is 39.1 Å². The van der Waals surface area contributed by atoms with E-state index in [2.05, 4.69) is 23.7 Å². The van der Waals surface area contributed by atoms with Crippen molar-refractivity contribution in [3.63, 3.8) is 0 Å². The summed E-state index contributed by atoms with van der Waals surface area (Å²) in [5, 5.41) is 28.2. The number of aliphatic hydroxyl groups is 3. The Kier molecular flexibility index (Phi) is 8.09. The first-order valence-electron chi connectivity index (χ1n) is 9.45. The van der Waals surface area contributed by atoms with Crippen molar-refractivity contribution in [1.29, 1.82) is 0 Å². The van der Waals surface area contributed by atoms with Crippen LogP contribution in [0.5, 0.6) is 0 Å². The quantitative estimate of drug-likeness (QED) is 0.485. The van der Waals surface area contributed by atoms with E-state index in [1.165, 1.54) is 13.8 Å². The molecule has 0 aliphatic rings. The van der Waals surface area contributed by atoms with Crippen LogP contribution in [-0.2, 0) is 11.4 Å². The van der Waals surface area contributed by atoms with Gasteiger partial charge in [-0.3, -0.25) is 9.59 Å². The van der Waals surface area contributed by atoms with Crippen molar-refractivity contribution in [2.75, 3.05) is 6.61 Å². The molecule has 1 atom stereocenters. The van der Waals surface area contributed by atoms with Crippen LogP contribution in [0.25, 0.3) is 0 Å². The van der Waals surface area contributed by atoms with Crippen molar-refractivity contribution in [2.45, 2.75) is 32.5 Å². The third-order valence-corrected chi connectivity index (χ3v) is 4.61. The average molecular weight is 404 g/mol. The summed E-state index contributed by atoms with van der Waals surface area (Å²) in [7, 11) is 0. The number of hydrogen-bond acceptors (Lipinski definition) is 5. The molecule has 0 fully saturated rings. The van der Waals surface area contributed by atoms with E-state index in [1.807, 2.05) is 12.1 Å². The van der Waals surface area contributed by atoms with Crippen molar-refractivity contribution < 1.29 is 24.9 Å². The lowest BCUT2D eigenvalue weighted by atomic mass is 9.82. The molecule has 0 amide bonds. The van der Waals surface area contributed by atoms with Crippen molar-refractivity contribution in [2.24, 2.45) is 5.92 Å². The topological polar surface area (TPSA) is 94.8 Å². The molecule has 5 heteroatoms. The van der Waals surface area contributed by atoms with Crippen LogP contribution in [0.1, 0.15) is 47.3 Å². The highest BCUT2D eigenvalue weighted by molar-refractivity contribution is 5.99. The van der Waals surface area contributed by atoms with Gasteiger partial charge < -0.3 is 15.3 Å². The molecule has 0 aliphatic heterocycles. The Morgan fingerprint density at radius 3 is 1.83 bits per heavy atom. The van der Waals surface area contributed by atoms with Crippen LogP contribution in [0.3, 0.4) is 0 Å². The molecule has 0 aliphatic carbocycles. The zero-order chi connectivity index (χ0) is 22.1. The van der Waals surface area contributed by atoms with Crippen molar-refractivity contribution in [1.82, 2.24) is 0 Å². The Labute approximate surface area is 176 Å². The molecule has 154 valence electrons. The largest absolute Gasteiger partial charge is 0.392 e. The molecule has 2 aromatic carbocycles. The van der Waals surface area contributed by atoms with Gasteiger partial charge in [0.15, 0.2) is 11.6 Å². The van der Waals surface area contributed by atoms with Crippen molar-refractivity contribution in [3.05, 3.63) is 70.8 Å². The highest BCUT2D eigenvalue weighted by Crippen LogP contribution is 2.23. The van der Waals surface area contributed by atoms with Crippen LogP contribution in [0.15, 0.2) is 48.5 Å². The van der Waals surface area contributed by atoms with Gasteiger partial charge in [-0.05, 0) is 55.5 Å². The maximum atomic E-state index is 12.5. The second-order valence-electron chi connectivity index (χ2n) is 7.39. The first kappa shape index (κ1) is 23.1. The lowest BCUT2D eigenvalue weighted by Crippen LogP contribution is -2.39. The van der Waals surface area contributed by atoms with Crippen LogP contribution in [0.2, 0.25) is 0 Å². The highest BCUT2D eigenvalue weighted by Gasteiger charge is 2.34. The summed E-state index contributed by atoms with van der Waals surface area (Å²) >= 11 is 0. The Bertz CT molecular complexity index is 1000. The van der Waals surface area contributed by atoms with E-state index in [0.29, 0.717) is 11.1 Å². The minimum Gasteiger partial charge on any atom is -0.392 e. The second kappa shape index (κ2) is 10.5. The number of ketones is 2. The molecule has 0 unspecified atom stereocenters. The fourth-order valence-electron chi connectivity index (χ4n) is 2.81. The predicted octanol–water partition coefficient (Wildman–Crippen LogP) is 2.10. The number of carbonyl (C=O) groups excluding carboxylic acids is 2. The zero-order valence-corrected chi connectivity index (χ0v) is 17.0. The predicted molar refractivity (Wildman–Crippen MR) is 113 cm³/mol. The molecule has 0 saturated heterocycles. The smallest absolute Gasteiger partial charge is 0.164 e. The molecule has 0 bridgehead atoms. The molecule has 2 aromatic rings. The summed E-state index contributed by atoms with van der Waals surface area (Å²) in [6.07, 6.45) is -0.186. The lowest BCUT2D eigenvalue weighted by molar-refractivity contribution is -0.133. The van der Waals surface area contributed by atoms with E-state index in [-0.39, 0.29) is 18.8 Å². The first-order valence-corrected chi connectivity index (χ1v) is 9.45. The van der Waals surface area contributed by atoms with E-state index in [4.69, 9.17) is 10.2 Å². The van der Waals surface area contributed by atoms with E-state index < -0.39 is 23.9 Å². The Balaban J connectivity index is 2.04. The Hall–Kier alpha value is -3.22. The van der Waals surface area contributed by atoms with E-state index in [1.54, 1.807) is 36.4 Å². The van der Waals surface area contributed by atoms with Crippen LogP contribution in [0, 0.1) is 29.6 Å². The summed E-state index contributed by atoms with van der Waals surface area (Å²) in [5.41, 5.74) is 1.28. The van der Waals surface area contributed by atoms with Gasteiger partial charge in [0.05, 0.1) is 18.1 Å². The van der Waals surface area contributed by atoms with Gasteiger partial charge in [-0.25, -0.2) is 0 Å². The number of Topliss-reactive ketones (excluding diaryl/α,β-unsaturated/α-hetero) is 2. The zero-order valence-electron chi connectivity index (χ0n) is 17.0. The van der Waals surface area contributed by atoms with Gasteiger partial charge in [0.1, 0.15) is 6.61 Å². The summed E-state index contributed by atoms with van der Waals surface area (Å²) in [4.78, 5) is 24.3. The van der Waals surface area contributed by atoms with Gasteiger partial charge in [-0.1, -0.05) is 36.1 Å². The summed E-state index contributed by atoms with van der Waals surface area (Å²) in [6.45, 7) is 2.16. The van der Waals surface area contributed by atoms with Crippen molar-refractivity contribution >= 4 is 11.6 Å². The molecule has 0 spiro atoms. The third-order valence-electron chi connectivity index (χ3n) is 4.61. The van der Waals surface area contributed by atoms with Gasteiger partial charge >= 0.3 is 0 Å². The minimum absolute atomic E-state index is 0.0117. The van der Waals surface area contributed by atoms with Gasteiger partial charge in [-0.2, -0.15) is 0 Å². The van der Waals surface area contributed by atoms with Crippen LogP contribution < -0.4 is 0 Å². The monoisotopic (exact) mass is 404 g/mol. The fourth-order valence-corrected chi connectivity index (χ4v) is 2.81. The van der Waals surface area contributed by atoms with Gasteiger partial charge in [0.25, 0.3) is 0 Å². The standard InChI is InChI=1S/C25H24O5/c1-25(2,30)22(24(29)17-27)15-23(28)21-13-11-19(12-14-21)6-4-3-5-18-7-9-20(16-26)10-8-18/h7-14,22,26-27,30H,15-17H2,1-2H3/t22-/m1/s1. The van der Waals surface area contributed by atoms with Crippen molar-refractivity contribution in [3.8, 4) is 23.7 Å². The molecule has 30 heavy (non-hydrogen) atoms. The Morgan fingerprint density at radius 2 is 1.40 bits per heavy atom. The molecule has 5 nitrogen and oxygen atoms in total. The molecule has 0 heterocycles. The van der Waals surface area contributed by atoms with Gasteiger partial charge in [0.2, 0.25) is 0 Å². The number of benzene rings is 2. The van der Waals surface area contributed by atoms with E-state index in [0.717, 1.165) is 11.1 Å². The number of rotatable bonds is 7. The lowest BCUT2D eigenvalue weighted by Gasteiger charge is -2.27. The molecular weight excluding hydrogens is 380 g/mol. The average Bonchev–Trinajstić information content (AvgIpc) is 2.74. The first-order chi connectivity index (χ1) is 14.2. The van der Waals surface area contributed by atoms with Gasteiger partial charge in [0, 0.05) is 23.1 Å². The van der Waals surface area contributed by atoms with Gasteiger partial charge in [-0.15, -0.1) is 0 Å². The maximum absolute atomic E-state index is 12.5. The highest BCUT2D eigenvalue weighted by atomic mass is 16.3.